The Morgan fingerprint density at radius 1 is 0.944 bits per heavy atom. The molecular weight excluding hydrogens is 222 g/mol. The minimum Gasteiger partial charge on any atom is -0.371 e. The first-order valence-corrected chi connectivity index (χ1v) is 5.78. The van der Waals surface area contributed by atoms with Gasteiger partial charge < -0.3 is 5.32 Å². The maximum atomic E-state index is 8.74. The van der Waals surface area contributed by atoms with Crippen LogP contribution in [-0.4, -0.2) is 11.5 Å². The van der Waals surface area contributed by atoms with Crippen molar-refractivity contribution in [3.63, 3.8) is 0 Å². The first-order chi connectivity index (χ1) is 8.90. The summed E-state index contributed by atoms with van der Waals surface area (Å²) in [6.45, 7) is 0.290. The Hall–Kier alpha value is -2.60. The molecule has 18 heavy (non-hydrogen) atoms. The third-order valence-corrected chi connectivity index (χ3v) is 2.93. The summed E-state index contributed by atoms with van der Waals surface area (Å²) in [7, 11) is 0. The summed E-state index contributed by atoms with van der Waals surface area (Å²) in [6.07, 6.45) is 0. The predicted octanol–water partition coefficient (Wildman–Crippen LogP) is 3.32. The van der Waals surface area contributed by atoms with Gasteiger partial charge >= 0.3 is 0 Å². The second-order valence-corrected chi connectivity index (χ2v) is 4.03. The van der Waals surface area contributed by atoms with Crippen molar-refractivity contribution in [3.8, 4) is 6.07 Å². The lowest BCUT2D eigenvalue weighted by Gasteiger charge is -2.10. The number of hydrogen-bond acceptors (Lipinski definition) is 3. The fourth-order valence-corrected chi connectivity index (χ4v) is 2.16. The Kier molecular flexibility index (Phi) is 2.54. The highest BCUT2D eigenvalue weighted by Gasteiger charge is 2.07. The Balaban J connectivity index is 2.38. The average Bonchev–Trinajstić information content (AvgIpc) is 2.43. The van der Waals surface area contributed by atoms with Gasteiger partial charge in [-0.05, 0) is 12.1 Å². The molecule has 1 aromatic heterocycles. The minimum absolute atomic E-state index is 0.290. The van der Waals surface area contributed by atoms with Crippen LogP contribution in [0.4, 0.5) is 5.69 Å². The number of fused-ring (bicyclic) bond motifs is 2. The van der Waals surface area contributed by atoms with Gasteiger partial charge in [0.2, 0.25) is 0 Å². The van der Waals surface area contributed by atoms with E-state index in [0.717, 1.165) is 27.5 Å². The molecule has 0 bridgehead atoms. The smallest absolute Gasteiger partial charge is 0.103 e. The summed E-state index contributed by atoms with van der Waals surface area (Å²) >= 11 is 0. The second kappa shape index (κ2) is 4.34. The average molecular weight is 233 g/mol. The topological polar surface area (TPSA) is 48.7 Å². The number of aromatic nitrogens is 1. The molecule has 86 valence electrons. The van der Waals surface area contributed by atoms with Gasteiger partial charge in [0.1, 0.15) is 6.54 Å². The third kappa shape index (κ3) is 1.64. The van der Waals surface area contributed by atoms with Gasteiger partial charge in [0.05, 0.1) is 22.8 Å². The van der Waals surface area contributed by atoms with E-state index < -0.39 is 0 Å². The molecule has 0 spiro atoms. The molecule has 1 N–H and O–H groups in total. The van der Waals surface area contributed by atoms with Crippen LogP contribution in [0.2, 0.25) is 0 Å². The van der Waals surface area contributed by atoms with Crippen molar-refractivity contribution < 1.29 is 0 Å². The van der Waals surface area contributed by atoms with Crippen LogP contribution < -0.4 is 5.32 Å². The molecular formula is C15H11N3. The van der Waals surface area contributed by atoms with E-state index in [1.165, 1.54) is 0 Å². The van der Waals surface area contributed by atoms with E-state index in [-0.39, 0.29) is 6.54 Å². The van der Waals surface area contributed by atoms with Crippen LogP contribution in [0.5, 0.6) is 0 Å². The molecule has 0 saturated carbocycles. The number of nitrogens with one attached hydrogen (secondary N) is 1. The molecule has 0 saturated heterocycles. The molecule has 0 radical (unpaired) electrons. The molecule has 3 aromatic rings. The fourth-order valence-electron chi connectivity index (χ4n) is 2.16. The van der Waals surface area contributed by atoms with E-state index in [1.54, 1.807) is 0 Å². The summed E-state index contributed by atoms with van der Waals surface area (Å²) in [5.74, 6) is 0. The van der Waals surface area contributed by atoms with Crippen LogP contribution in [0.1, 0.15) is 0 Å². The van der Waals surface area contributed by atoms with E-state index in [1.807, 2.05) is 48.5 Å². The number of benzene rings is 2. The molecule has 0 atom stereocenters. The van der Waals surface area contributed by atoms with Crippen molar-refractivity contribution in [2.24, 2.45) is 0 Å². The summed E-state index contributed by atoms with van der Waals surface area (Å²) in [6, 6.07) is 18.0. The highest BCUT2D eigenvalue weighted by molar-refractivity contribution is 6.07. The van der Waals surface area contributed by atoms with Crippen molar-refractivity contribution in [3.05, 3.63) is 48.5 Å². The van der Waals surface area contributed by atoms with Gasteiger partial charge in [-0.1, -0.05) is 36.4 Å². The Bertz CT molecular complexity index is 702. The van der Waals surface area contributed by atoms with Gasteiger partial charge in [-0.15, -0.1) is 0 Å². The van der Waals surface area contributed by atoms with Crippen LogP contribution >= 0.6 is 0 Å². The first kappa shape index (κ1) is 10.5. The zero-order valence-corrected chi connectivity index (χ0v) is 9.72. The van der Waals surface area contributed by atoms with Gasteiger partial charge in [0.15, 0.2) is 0 Å². The predicted molar refractivity (Wildman–Crippen MR) is 73.4 cm³/mol. The SMILES string of the molecule is N#CCNc1c2ccccc2nc2ccccc12. The van der Waals surface area contributed by atoms with E-state index >= 15 is 0 Å². The zero-order chi connectivity index (χ0) is 12.4. The van der Waals surface area contributed by atoms with Crippen molar-refractivity contribution in [2.45, 2.75) is 0 Å². The molecule has 0 fully saturated rings. The lowest BCUT2D eigenvalue weighted by Crippen LogP contribution is -2.00. The van der Waals surface area contributed by atoms with Crippen LogP contribution in [0, 0.1) is 11.3 Å². The standard InChI is InChI=1S/C15H11N3/c16-9-10-17-15-11-5-1-3-7-13(11)18-14-8-4-2-6-12(14)15/h1-8H,10H2,(H,17,18). The van der Waals surface area contributed by atoms with Gasteiger partial charge in [0.25, 0.3) is 0 Å². The maximum Gasteiger partial charge on any atom is 0.103 e. The van der Waals surface area contributed by atoms with E-state index in [4.69, 9.17) is 5.26 Å². The van der Waals surface area contributed by atoms with E-state index in [2.05, 4.69) is 16.4 Å². The normalized spacial score (nSPS) is 10.4. The molecule has 3 rings (SSSR count). The van der Waals surface area contributed by atoms with Gasteiger partial charge in [0, 0.05) is 10.8 Å². The molecule has 3 heteroatoms. The minimum atomic E-state index is 0.290. The number of anilines is 1. The number of hydrogen-bond donors (Lipinski definition) is 1. The highest BCUT2D eigenvalue weighted by Crippen LogP contribution is 2.30. The summed E-state index contributed by atoms with van der Waals surface area (Å²) in [5, 5.41) is 14.0. The number of pyridine rings is 1. The number of para-hydroxylation sites is 2. The second-order valence-electron chi connectivity index (χ2n) is 4.03. The molecule has 0 unspecified atom stereocenters. The van der Waals surface area contributed by atoms with Crippen LogP contribution in [0.25, 0.3) is 21.8 Å². The molecule has 0 aliphatic carbocycles. The van der Waals surface area contributed by atoms with Gasteiger partial charge in [-0.25, -0.2) is 4.98 Å². The molecule has 3 nitrogen and oxygen atoms in total. The number of rotatable bonds is 2. The van der Waals surface area contributed by atoms with E-state index in [9.17, 15) is 0 Å². The largest absolute Gasteiger partial charge is 0.371 e. The Labute approximate surface area is 105 Å². The summed E-state index contributed by atoms with van der Waals surface area (Å²) < 4.78 is 0. The first-order valence-electron chi connectivity index (χ1n) is 5.78. The van der Waals surface area contributed by atoms with Gasteiger partial charge in [-0.3, -0.25) is 0 Å². The van der Waals surface area contributed by atoms with Crippen LogP contribution in [0.3, 0.4) is 0 Å². The summed E-state index contributed by atoms with van der Waals surface area (Å²) in [5.41, 5.74) is 2.87. The molecule has 2 aromatic carbocycles. The van der Waals surface area contributed by atoms with Crippen molar-refractivity contribution in [1.82, 2.24) is 4.98 Å². The number of nitriles is 1. The molecule has 0 aliphatic rings. The van der Waals surface area contributed by atoms with Crippen molar-refractivity contribution in [2.75, 3.05) is 11.9 Å². The quantitative estimate of drug-likeness (QED) is 0.545. The lowest BCUT2D eigenvalue weighted by molar-refractivity contribution is 1.33. The van der Waals surface area contributed by atoms with Crippen LogP contribution in [0.15, 0.2) is 48.5 Å². The molecule has 1 heterocycles. The number of nitrogens with zero attached hydrogens (tertiary/aromatic N) is 2. The van der Waals surface area contributed by atoms with Crippen molar-refractivity contribution in [1.29, 1.82) is 5.26 Å². The van der Waals surface area contributed by atoms with Crippen molar-refractivity contribution >= 4 is 27.5 Å². The summed E-state index contributed by atoms with van der Waals surface area (Å²) in [4.78, 5) is 4.62. The molecule has 0 amide bonds. The molecule has 0 aliphatic heterocycles. The zero-order valence-electron chi connectivity index (χ0n) is 9.72. The Morgan fingerprint density at radius 3 is 2.06 bits per heavy atom. The monoisotopic (exact) mass is 233 g/mol. The Morgan fingerprint density at radius 2 is 1.50 bits per heavy atom. The lowest BCUT2D eigenvalue weighted by atomic mass is 10.1. The third-order valence-electron chi connectivity index (χ3n) is 2.93. The fraction of sp³-hybridized carbons (Fsp3) is 0.0667. The van der Waals surface area contributed by atoms with Crippen LogP contribution in [-0.2, 0) is 0 Å². The van der Waals surface area contributed by atoms with Gasteiger partial charge in [-0.2, -0.15) is 5.26 Å². The highest BCUT2D eigenvalue weighted by atomic mass is 14.9. The van der Waals surface area contributed by atoms with E-state index in [0.29, 0.717) is 0 Å². The maximum absolute atomic E-state index is 8.74.